The van der Waals surface area contributed by atoms with Gasteiger partial charge in [-0.1, -0.05) is 11.6 Å². The van der Waals surface area contributed by atoms with Crippen molar-refractivity contribution in [2.24, 2.45) is 0 Å². The zero-order valence-corrected chi connectivity index (χ0v) is 13.4. The number of halogens is 2. The van der Waals surface area contributed by atoms with Gasteiger partial charge >= 0.3 is 5.97 Å². The van der Waals surface area contributed by atoms with Crippen LogP contribution in [0.3, 0.4) is 0 Å². The van der Waals surface area contributed by atoms with Gasteiger partial charge in [0.1, 0.15) is 5.82 Å². The molecule has 0 saturated heterocycles. The normalized spacial score (nSPS) is 10.1. The second-order valence-electron chi connectivity index (χ2n) is 4.88. The third-order valence-electron chi connectivity index (χ3n) is 3.06. The molecule has 0 aliphatic rings. The SMILES string of the molecule is CC(=O)c1ccc(NC(=O)COC(=O)c2ccc(F)cc2Cl)cc1. The van der Waals surface area contributed by atoms with Gasteiger partial charge in [0.25, 0.3) is 5.91 Å². The highest BCUT2D eigenvalue weighted by atomic mass is 35.5. The van der Waals surface area contributed by atoms with Crippen molar-refractivity contribution in [1.29, 1.82) is 0 Å². The van der Waals surface area contributed by atoms with E-state index in [2.05, 4.69) is 5.32 Å². The molecule has 1 amide bonds. The Morgan fingerprint density at radius 2 is 1.79 bits per heavy atom. The maximum Gasteiger partial charge on any atom is 0.340 e. The molecule has 0 unspecified atom stereocenters. The summed E-state index contributed by atoms with van der Waals surface area (Å²) in [6.45, 7) is 0.911. The molecule has 2 rings (SSSR count). The van der Waals surface area contributed by atoms with E-state index >= 15 is 0 Å². The van der Waals surface area contributed by atoms with Gasteiger partial charge in [0.05, 0.1) is 10.6 Å². The number of Topliss-reactive ketones (excluding diaryl/α,β-unsaturated/α-hetero) is 1. The molecule has 0 radical (unpaired) electrons. The second-order valence-corrected chi connectivity index (χ2v) is 5.29. The summed E-state index contributed by atoms with van der Waals surface area (Å²) in [4.78, 5) is 34.7. The van der Waals surface area contributed by atoms with Gasteiger partial charge in [-0.2, -0.15) is 0 Å². The minimum absolute atomic E-state index is 0.0309. The number of amides is 1. The topological polar surface area (TPSA) is 72.5 Å². The molecule has 2 aromatic carbocycles. The van der Waals surface area contributed by atoms with Crippen LogP contribution in [0.15, 0.2) is 42.5 Å². The summed E-state index contributed by atoms with van der Waals surface area (Å²) in [5.41, 5.74) is 0.947. The van der Waals surface area contributed by atoms with Crippen LogP contribution in [0.25, 0.3) is 0 Å². The third-order valence-corrected chi connectivity index (χ3v) is 3.37. The Labute approximate surface area is 142 Å². The summed E-state index contributed by atoms with van der Waals surface area (Å²) in [5.74, 6) is -2.06. The number of hydrogen-bond acceptors (Lipinski definition) is 4. The minimum Gasteiger partial charge on any atom is -0.452 e. The quantitative estimate of drug-likeness (QED) is 0.662. The number of carbonyl (C=O) groups is 3. The second kappa shape index (κ2) is 7.70. The molecule has 0 spiro atoms. The van der Waals surface area contributed by atoms with Crippen LogP contribution in [0.4, 0.5) is 10.1 Å². The van der Waals surface area contributed by atoms with Crippen LogP contribution in [0.5, 0.6) is 0 Å². The molecule has 2 aromatic rings. The van der Waals surface area contributed by atoms with E-state index in [9.17, 15) is 18.8 Å². The van der Waals surface area contributed by atoms with Crippen molar-refractivity contribution in [2.45, 2.75) is 6.92 Å². The number of benzene rings is 2. The van der Waals surface area contributed by atoms with Gasteiger partial charge in [0.2, 0.25) is 0 Å². The van der Waals surface area contributed by atoms with E-state index in [1.165, 1.54) is 13.0 Å². The number of nitrogens with one attached hydrogen (secondary N) is 1. The first kappa shape index (κ1) is 17.6. The average molecular weight is 350 g/mol. The average Bonchev–Trinajstić information content (AvgIpc) is 2.53. The first-order chi connectivity index (χ1) is 11.4. The number of hydrogen-bond donors (Lipinski definition) is 1. The summed E-state index contributed by atoms with van der Waals surface area (Å²) in [6.07, 6.45) is 0. The molecule has 1 N–H and O–H groups in total. The molecule has 0 atom stereocenters. The molecule has 24 heavy (non-hydrogen) atoms. The van der Waals surface area contributed by atoms with Crippen LogP contribution in [-0.2, 0) is 9.53 Å². The number of anilines is 1. The molecule has 0 saturated carbocycles. The van der Waals surface area contributed by atoms with E-state index in [1.54, 1.807) is 24.3 Å². The predicted octanol–water partition coefficient (Wildman–Crippen LogP) is 3.48. The van der Waals surface area contributed by atoms with Crippen molar-refractivity contribution in [3.05, 3.63) is 64.4 Å². The van der Waals surface area contributed by atoms with Crippen LogP contribution in [0.2, 0.25) is 5.02 Å². The summed E-state index contributed by atoms with van der Waals surface area (Å²) in [6, 6.07) is 9.50. The number of rotatable bonds is 5. The van der Waals surface area contributed by atoms with Crippen molar-refractivity contribution in [1.82, 2.24) is 0 Å². The monoisotopic (exact) mass is 349 g/mol. The van der Waals surface area contributed by atoms with Crippen molar-refractivity contribution in [2.75, 3.05) is 11.9 Å². The van der Waals surface area contributed by atoms with E-state index in [1.807, 2.05) is 0 Å². The summed E-state index contributed by atoms with van der Waals surface area (Å²) in [7, 11) is 0. The summed E-state index contributed by atoms with van der Waals surface area (Å²) < 4.78 is 17.8. The Bertz CT molecular complexity index is 790. The van der Waals surface area contributed by atoms with Crippen molar-refractivity contribution in [3.63, 3.8) is 0 Å². The summed E-state index contributed by atoms with van der Waals surface area (Å²) >= 11 is 5.74. The van der Waals surface area contributed by atoms with Gasteiger partial charge in [-0.25, -0.2) is 9.18 Å². The fraction of sp³-hybridized carbons (Fsp3) is 0.118. The summed E-state index contributed by atoms with van der Waals surface area (Å²) in [5, 5.41) is 2.42. The first-order valence-electron chi connectivity index (χ1n) is 6.90. The van der Waals surface area contributed by atoms with Crippen molar-refractivity contribution in [3.8, 4) is 0 Å². The Hall–Kier alpha value is -2.73. The molecule has 0 bridgehead atoms. The molecular weight excluding hydrogens is 337 g/mol. The molecule has 0 fully saturated rings. The fourth-order valence-corrected chi connectivity index (χ4v) is 2.09. The fourth-order valence-electron chi connectivity index (χ4n) is 1.85. The standard InChI is InChI=1S/C17H13ClFNO4/c1-10(21)11-2-5-13(6-3-11)20-16(22)9-24-17(23)14-7-4-12(19)8-15(14)18/h2-8H,9H2,1H3,(H,20,22). The number of ether oxygens (including phenoxy) is 1. The van der Waals surface area contributed by atoms with E-state index < -0.39 is 24.3 Å². The number of ketones is 1. The van der Waals surface area contributed by atoms with Gasteiger partial charge in [-0.15, -0.1) is 0 Å². The van der Waals surface area contributed by atoms with Gasteiger partial charge in [0, 0.05) is 11.3 Å². The van der Waals surface area contributed by atoms with Gasteiger partial charge in [-0.05, 0) is 49.4 Å². The highest BCUT2D eigenvalue weighted by molar-refractivity contribution is 6.33. The van der Waals surface area contributed by atoms with E-state index in [0.717, 1.165) is 12.1 Å². The minimum atomic E-state index is -0.831. The van der Waals surface area contributed by atoms with E-state index in [0.29, 0.717) is 11.3 Å². The molecule has 0 aromatic heterocycles. The van der Waals surface area contributed by atoms with Gasteiger partial charge < -0.3 is 10.1 Å². The molecule has 0 aliphatic carbocycles. The van der Waals surface area contributed by atoms with Crippen LogP contribution in [0.1, 0.15) is 27.6 Å². The molecule has 124 valence electrons. The lowest BCUT2D eigenvalue weighted by Gasteiger charge is -2.08. The zero-order valence-electron chi connectivity index (χ0n) is 12.6. The van der Waals surface area contributed by atoms with Crippen LogP contribution in [0, 0.1) is 5.82 Å². The Morgan fingerprint density at radius 1 is 1.12 bits per heavy atom. The molecule has 0 heterocycles. The van der Waals surface area contributed by atoms with Gasteiger partial charge in [-0.3, -0.25) is 9.59 Å². The third kappa shape index (κ3) is 4.63. The van der Waals surface area contributed by atoms with Crippen LogP contribution < -0.4 is 5.32 Å². The highest BCUT2D eigenvalue weighted by Crippen LogP contribution is 2.18. The van der Waals surface area contributed by atoms with E-state index in [4.69, 9.17) is 16.3 Å². The lowest BCUT2D eigenvalue weighted by Crippen LogP contribution is -2.21. The Balaban J connectivity index is 1.90. The Morgan fingerprint density at radius 3 is 2.38 bits per heavy atom. The van der Waals surface area contributed by atoms with Crippen LogP contribution in [-0.4, -0.2) is 24.3 Å². The lowest BCUT2D eigenvalue weighted by molar-refractivity contribution is -0.119. The molecule has 7 heteroatoms. The number of esters is 1. The predicted molar refractivity (Wildman–Crippen MR) is 86.8 cm³/mol. The Kier molecular flexibility index (Phi) is 5.65. The zero-order chi connectivity index (χ0) is 17.7. The van der Waals surface area contributed by atoms with Crippen molar-refractivity contribution >= 4 is 34.9 Å². The maximum atomic E-state index is 12.9. The highest BCUT2D eigenvalue weighted by Gasteiger charge is 2.14. The smallest absolute Gasteiger partial charge is 0.340 e. The molecule has 0 aliphatic heterocycles. The largest absolute Gasteiger partial charge is 0.452 e. The van der Waals surface area contributed by atoms with E-state index in [-0.39, 0.29) is 16.4 Å². The maximum absolute atomic E-state index is 12.9. The molecule has 5 nitrogen and oxygen atoms in total. The lowest BCUT2D eigenvalue weighted by atomic mass is 10.1. The van der Waals surface area contributed by atoms with Crippen LogP contribution >= 0.6 is 11.6 Å². The molecular formula is C17H13ClFNO4. The van der Waals surface area contributed by atoms with Gasteiger partial charge in [0.15, 0.2) is 12.4 Å². The van der Waals surface area contributed by atoms with Crippen molar-refractivity contribution < 1.29 is 23.5 Å². The first-order valence-corrected chi connectivity index (χ1v) is 7.27. The number of carbonyl (C=O) groups excluding carboxylic acids is 3.